The molecule has 70 heavy (non-hydrogen) atoms. The van der Waals surface area contributed by atoms with Crippen molar-refractivity contribution in [1.82, 2.24) is 0 Å². The lowest BCUT2D eigenvalue weighted by atomic mass is 9.71. The van der Waals surface area contributed by atoms with Gasteiger partial charge in [0.2, 0.25) is 0 Å². The van der Waals surface area contributed by atoms with Crippen LogP contribution in [0.15, 0.2) is 182 Å². The minimum absolute atomic E-state index is 0.0787. The van der Waals surface area contributed by atoms with Crippen LogP contribution in [0.4, 0.5) is 17.1 Å². The van der Waals surface area contributed by atoms with Crippen molar-refractivity contribution in [3.63, 3.8) is 0 Å². The van der Waals surface area contributed by atoms with Gasteiger partial charge in [-0.1, -0.05) is 201 Å². The molecule has 0 aromatic heterocycles. The molecule has 0 bridgehead atoms. The Balaban J connectivity index is 0.997. The van der Waals surface area contributed by atoms with E-state index >= 15 is 0 Å². The van der Waals surface area contributed by atoms with Crippen LogP contribution in [-0.4, -0.2) is 0 Å². The molecule has 0 unspecified atom stereocenters. The third kappa shape index (κ3) is 5.91. The monoisotopic (exact) mass is 903 g/mol. The van der Waals surface area contributed by atoms with E-state index in [4.69, 9.17) is 0 Å². The average molecular weight is 904 g/mol. The number of hydrogen-bond donors (Lipinski definition) is 0. The number of hydrogen-bond acceptors (Lipinski definition) is 1. The Morgan fingerprint density at radius 3 is 1.53 bits per heavy atom. The zero-order valence-corrected chi connectivity index (χ0v) is 42.2. The van der Waals surface area contributed by atoms with E-state index in [0.29, 0.717) is 0 Å². The maximum absolute atomic E-state index is 2.62. The number of nitrogens with zero attached hydrogens (tertiary/aromatic N) is 1. The minimum Gasteiger partial charge on any atom is -0.309 e. The lowest BCUT2D eigenvalue weighted by Gasteiger charge is -2.43. The smallest absolute Gasteiger partial charge is 0.0546 e. The predicted molar refractivity (Wildman–Crippen MR) is 298 cm³/mol. The van der Waals surface area contributed by atoms with Gasteiger partial charge in [-0.3, -0.25) is 0 Å². The van der Waals surface area contributed by atoms with Crippen LogP contribution in [0.3, 0.4) is 0 Å². The first kappa shape index (κ1) is 42.8. The molecule has 0 radical (unpaired) electrons. The summed E-state index contributed by atoms with van der Waals surface area (Å²) in [4.78, 5) is 2.62. The molecule has 10 aromatic carbocycles. The highest BCUT2D eigenvalue weighted by Crippen LogP contribution is 2.59. The van der Waals surface area contributed by atoms with Crippen LogP contribution in [0.25, 0.3) is 54.6 Å². The Bertz CT molecular complexity index is 3850. The summed E-state index contributed by atoms with van der Waals surface area (Å²) in [6.07, 6.45) is 1.87. The minimum atomic E-state index is -0.207. The Hall–Kier alpha value is -7.22. The highest BCUT2D eigenvalue weighted by Gasteiger charge is 2.43. The van der Waals surface area contributed by atoms with Gasteiger partial charge in [0.1, 0.15) is 0 Å². The van der Waals surface area contributed by atoms with Gasteiger partial charge in [0.05, 0.1) is 17.1 Å². The van der Waals surface area contributed by atoms with Crippen molar-refractivity contribution in [2.24, 2.45) is 0 Å². The standard InChI is InChI=1S/C69H61N/c1-42-22-10-17-29-55(42)66(2,3)59-38-53-48-26-15-18-30-56(48)67(4,5)60(53)37-44(59)35-34-43-36-51-47-25-13-14-28-50(47)64(40-52(51)46-24-12-11-23-45(43)46)70-63-33-21-20-32-58(63)69(8,9)62-39-54-49-27-16-19-31-57(49)68(6,7)61(54)41-65(62)70/h10-33,36-41H,34-35H2,1-9H3. The topological polar surface area (TPSA) is 3.24 Å². The van der Waals surface area contributed by atoms with Gasteiger partial charge >= 0.3 is 0 Å². The maximum Gasteiger partial charge on any atom is 0.0546 e. The summed E-state index contributed by atoms with van der Waals surface area (Å²) >= 11 is 0. The van der Waals surface area contributed by atoms with Gasteiger partial charge in [-0.25, -0.2) is 0 Å². The number of fused-ring (bicyclic) bond motifs is 13. The van der Waals surface area contributed by atoms with Gasteiger partial charge in [0.15, 0.2) is 0 Å². The quantitative estimate of drug-likeness (QED) is 0.150. The van der Waals surface area contributed by atoms with Crippen LogP contribution in [-0.2, 0) is 34.5 Å². The molecule has 0 spiro atoms. The number of anilines is 3. The van der Waals surface area contributed by atoms with Crippen molar-refractivity contribution in [1.29, 1.82) is 0 Å². The highest BCUT2D eigenvalue weighted by atomic mass is 15.2. The summed E-state index contributed by atoms with van der Waals surface area (Å²) < 4.78 is 0. The molecule has 1 heteroatoms. The Morgan fingerprint density at radius 2 is 0.843 bits per heavy atom. The van der Waals surface area contributed by atoms with Gasteiger partial charge in [-0.2, -0.15) is 0 Å². The molecule has 0 fully saturated rings. The van der Waals surface area contributed by atoms with E-state index in [1.807, 2.05) is 0 Å². The summed E-state index contributed by atoms with van der Waals surface area (Å²) in [7, 11) is 0. The van der Waals surface area contributed by atoms with E-state index in [1.165, 1.54) is 133 Å². The van der Waals surface area contributed by atoms with Crippen LogP contribution in [0, 0.1) is 6.92 Å². The van der Waals surface area contributed by atoms with Crippen molar-refractivity contribution in [2.45, 2.75) is 96.8 Å². The molecule has 0 saturated carbocycles. The average Bonchev–Trinajstić information content (AvgIpc) is 3.73. The van der Waals surface area contributed by atoms with Crippen LogP contribution in [0.2, 0.25) is 0 Å². The van der Waals surface area contributed by atoms with Crippen molar-refractivity contribution in [3.8, 4) is 22.3 Å². The molecule has 0 saturated heterocycles. The summed E-state index contributed by atoms with van der Waals surface area (Å²) in [5.41, 5.74) is 24.0. The SMILES string of the molecule is Cc1ccccc1C(C)(C)c1cc2c(cc1CCc1cc3c4ccccc4c(N4c5ccccc5C(C)(C)c5cc6c(cc54)C(C)(C)c4ccccc4-6)cc3c3ccccc13)C(C)(C)c1ccccc1-2. The molecule has 1 heterocycles. The molecule has 2 aliphatic carbocycles. The van der Waals surface area contributed by atoms with Gasteiger partial charge in [0.25, 0.3) is 0 Å². The van der Waals surface area contributed by atoms with Crippen molar-refractivity contribution < 1.29 is 0 Å². The van der Waals surface area contributed by atoms with E-state index in [0.717, 1.165) is 12.8 Å². The Kier molecular flexibility index (Phi) is 9.12. The summed E-state index contributed by atoms with van der Waals surface area (Å²) in [5.74, 6) is 0. The fourth-order valence-electron chi connectivity index (χ4n) is 13.8. The molecule has 1 aliphatic heterocycles. The van der Waals surface area contributed by atoms with E-state index in [2.05, 4.69) is 249 Å². The fourth-order valence-corrected chi connectivity index (χ4v) is 13.8. The second-order valence-electron chi connectivity index (χ2n) is 22.8. The number of rotatable bonds is 6. The summed E-state index contributed by atoms with van der Waals surface area (Å²) in [6.45, 7) is 21.6. The van der Waals surface area contributed by atoms with Crippen LogP contribution >= 0.6 is 0 Å². The van der Waals surface area contributed by atoms with Crippen LogP contribution < -0.4 is 4.90 Å². The lowest BCUT2D eigenvalue weighted by Crippen LogP contribution is -2.31. The van der Waals surface area contributed by atoms with E-state index in [-0.39, 0.29) is 21.7 Å². The molecule has 342 valence electrons. The predicted octanol–water partition coefficient (Wildman–Crippen LogP) is 18.3. The zero-order valence-electron chi connectivity index (χ0n) is 42.2. The first-order chi connectivity index (χ1) is 33.7. The molecule has 0 atom stereocenters. The first-order valence-electron chi connectivity index (χ1n) is 25.6. The Morgan fingerprint density at radius 1 is 0.343 bits per heavy atom. The van der Waals surface area contributed by atoms with E-state index < -0.39 is 0 Å². The Labute approximate surface area is 414 Å². The first-order valence-corrected chi connectivity index (χ1v) is 25.6. The molecule has 10 aromatic rings. The normalized spacial score (nSPS) is 15.6. The van der Waals surface area contributed by atoms with E-state index in [1.54, 1.807) is 0 Å². The molecular formula is C69H61N. The van der Waals surface area contributed by atoms with Crippen LogP contribution in [0.1, 0.15) is 117 Å². The molecule has 3 aliphatic rings. The van der Waals surface area contributed by atoms with Gasteiger partial charge in [-0.15, -0.1) is 0 Å². The van der Waals surface area contributed by atoms with Crippen molar-refractivity contribution in [2.75, 3.05) is 4.90 Å². The second kappa shape index (κ2) is 14.9. The third-order valence-corrected chi connectivity index (χ3v) is 17.6. The molecule has 1 nitrogen and oxygen atoms in total. The third-order valence-electron chi connectivity index (χ3n) is 17.6. The number of aryl methyl sites for hydroxylation is 3. The van der Waals surface area contributed by atoms with Crippen LogP contribution in [0.5, 0.6) is 0 Å². The fraction of sp³-hybridized carbons (Fsp3) is 0.217. The van der Waals surface area contributed by atoms with Crippen molar-refractivity contribution >= 4 is 49.4 Å². The largest absolute Gasteiger partial charge is 0.309 e. The summed E-state index contributed by atoms with van der Waals surface area (Å²) in [6, 6.07) is 70.0. The van der Waals surface area contributed by atoms with E-state index in [9.17, 15) is 0 Å². The van der Waals surface area contributed by atoms with Gasteiger partial charge in [-0.05, 0) is 167 Å². The zero-order chi connectivity index (χ0) is 48.1. The number of para-hydroxylation sites is 1. The lowest BCUT2D eigenvalue weighted by molar-refractivity contribution is 0.621. The molecule has 0 amide bonds. The van der Waals surface area contributed by atoms with Crippen molar-refractivity contribution in [3.05, 3.63) is 243 Å². The second-order valence-corrected chi connectivity index (χ2v) is 22.8. The molecule has 0 N–H and O–H groups in total. The highest BCUT2D eigenvalue weighted by molar-refractivity contribution is 6.22. The van der Waals surface area contributed by atoms with Gasteiger partial charge in [0, 0.05) is 27.0 Å². The maximum atomic E-state index is 2.62. The summed E-state index contributed by atoms with van der Waals surface area (Å²) in [5, 5.41) is 7.81. The van der Waals surface area contributed by atoms with Gasteiger partial charge < -0.3 is 4.90 Å². The number of benzene rings is 10. The molecular weight excluding hydrogens is 843 g/mol. The molecule has 13 rings (SSSR count).